The van der Waals surface area contributed by atoms with Gasteiger partial charge in [-0.3, -0.25) is 24.3 Å². The largest absolute Gasteiger partial charge is 0.456 e. The van der Waals surface area contributed by atoms with Crippen LogP contribution in [-0.2, 0) is 14.4 Å². The van der Waals surface area contributed by atoms with Crippen molar-refractivity contribution in [3.63, 3.8) is 0 Å². The fourth-order valence-corrected chi connectivity index (χ4v) is 4.50. The van der Waals surface area contributed by atoms with E-state index in [1.807, 2.05) is 24.3 Å². The number of benzene rings is 3. The van der Waals surface area contributed by atoms with Crippen LogP contribution in [0.15, 0.2) is 95.7 Å². The van der Waals surface area contributed by atoms with Crippen molar-refractivity contribution in [3.05, 3.63) is 108 Å². The molecule has 0 aliphatic heterocycles. The highest BCUT2D eigenvalue weighted by Crippen LogP contribution is 2.35. The average molecular weight is 510 g/mol. The standard InChI is InChI=1S/C30H24FN3O4/c1-18(20-9-11-22(31)12-10-20)33-29(36)28(21-6-5-15-32-17-21)34(30(37)19(2)35)23-13-14-25-24-7-3-4-8-26(24)38-27(25)16-23/h3-18,28H,1-2H3,(H,33,36)/t18-,28+/m0/s1. The molecule has 0 unspecified atom stereocenters. The maximum atomic E-state index is 13.8. The summed E-state index contributed by atoms with van der Waals surface area (Å²) in [5, 5.41) is 4.65. The first-order valence-electron chi connectivity index (χ1n) is 12.0. The first kappa shape index (κ1) is 24.8. The molecule has 0 radical (unpaired) electrons. The van der Waals surface area contributed by atoms with Gasteiger partial charge in [0.05, 0.1) is 6.04 Å². The number of carbonyl (C=O) groups is 3. The molecule has 2 heterocycles. The van der Waals surface area contributed by atoms with Crippen LogP contribution in [-0.4, -0.2) is 22.6 Å². The molecule has 0 aliphatic rings. The number of hydrogen-bond donors (Lipinski definition) is 1. The van der Waals surface area contributed by atoms with Crippen molar-refractivity contribution in [2.45, 2.75) is 25.9 Å². The summed E-state index contributed by atoms with van der Waals surface area (Å²) in [5.41, 5.74) is 2.59. The summed E-state index contributed by atoms with van der Waals surface area (Å²) in [6.45, 7) is 2.91. The van der Waals surface area contributed by atoms with Crippen LogP contribution in [0, 0.1) is 5.82 Å². The lowest BCUT2D eigenvalue weighted by molar-refractivity contribution is -0.136. The van der Waals surface area contributed by atoms with E-state index >= 15 is 0 Å². The predicted octanol–water partition coefficient (Wildman–Crippen LogP) is 5.66. The molecule has 5 rings (SSSR count). The third kappa shape index (κ3) is 4.76. The molecule has 190 valence electrons. The second-order valence-electron chi connectivity index (χ2n) is 8.98. The molecule has 0 fully saturated rings. The summed E-state index contributed by atoms with van der Waals surface area (Å²) in [7, 11) is 0. The van der Waals surface area contributed by atoms with E-state index in [1.54, 1.807) is 55.6 Å². The number of furan rings is 1. The summed E-state index contributed by atoms with van der Waals surface area (Å²) in [4.78, 5) is 44.9. The van der Waals surface area contributed by atoms with Gasteiger partial charge in [-0.2, -0.15) is 0 Å². The van der Waals surface area contributed by atoms with Gasteiger partial charge in [-0.1, -0.05) is 36.4 Å². The summed E-state index contributed by atoms with van der Waals surface area (Å²) in [5.74, 6) is -2.52. The lowest BCUT2D eigenvalue weighted by Gasteiger charge is -2.31. The Balaban J connectivity index is 1.60. The van der Waals surface area contributed by atoms with Crippen LogP contribution in [0.1, 0.15) is 37.1 Å². The van der Waals surface area contributed by atoms with Crippen LogP contribution < -0.4 is 10.2 Å². The van der Waals surface area contributed by atoms with Gasteiger partial charge in [-0.25, -0.2) is 4.39 Å². The predicted molar refractivity (Wildman–Crippen MR) is 142 cm³/mol. The molecular formula is C30H24FN3O4. The van der Waals surface area contributed by atoms with Crippen molar-refractivity contribution in [1.82, 2.24) is 10.3 Å². The summed E-state index contributed by atoms with van der Waals surface area (Å²) < 4.78 is 19.4. The van der Waals surface area contributed by atoms with Gasteiger partial charge in [0, 0.05) is 47.4 Å². The zero-order valence-corrected chi connectivity index (χ0v) is 20.7. The highest BCUT2D eigenvalue weighted by atomic mass is 19.1. The molecule has 7 nitrogen and oxygen atoms in total. The first-order valence-corrected chi connectivity index (χ1v) is 12.0. The normalized spacial score (nSPS) is 12.7. The lowest BCUT2D eigenvalue weighted by Crippen LogP contribution is -2.46. The van der Waals surface area contributed by atoms with Gasteiger partial charge in [0.15, 0.2) is 0 Å². The SMILES string of the molecule is CC(=O)C(=O)N(c1ccc2c(c1)oc1ccccc12)[C@@H](C(=O)N[C@@H](C)c1ccc(F)cc1)c1cccnc1. The van der Waals surface area contributed by atoms with Crippen molar-refractivity contribution in [1.29, 1.82) is 0 Å². The summed E-state index contributed by atoms with van der Waals surface area (Å²) in [6.07, 6.45) is 3.03. The molecule has 5 aromatic rings. The van der Waals surface area contributed by atoms with E-state index in [-0.39, 0.29) is 5.82 Å². The molecule has 3 aromatic carbocycles. The highest BCUT2D eigenvalue weighted by Gasteiger charge is 2.35. The van der Waals surface area contributed by atoms with Gasteiger partial charge in [0.25, 0.3) is 5.91 Å². The van der Waals surface area contributed by atoms with E-state index in [0.29, 0.717) is 28.0 Å². The number of fused-ring (bicyclic) bond motifs is 3. The van der Waals surface area contributed by atoms with E-state index in [1.165, 1.54) is 23.2 Å². The number of ketones is 1. The second-order valence-corrected chi connectivity index (χ2v) is 8.98. The lowest BCUT2D eigenvalue weighted by atomic mass is 10.0. The van der Waals surface area contributed by atoms with Crippen LogP contribution >= 0.6 is 0 Å². The number of halogens is 1. The molecule has 1 N–H and O–H groups in total. The molecule has 38 heavy (non-hydrogen) atoms. The Kier molecular flexibility index (Phi) is 6.70. The van der Waals surface area contributed by atoms with Crippen molar-refractivity contribution < 1.29 is 23.2 Å². The average Bonchev–Trinajstić information content (AvgIpc) is 3.29. The fourth-order valence-electron chi connectivity index (χ4n) is 4.50. The van der Waals surface area contributed by atoms with Gasteiger partial charge in [-0.15, -0.1) is 0 Å². The molecule has 2 amide bonds. The third-order valence-electron chi connectivity index (χ3n) is 6.40. The van der Waals surface area contributed by atoms with Gasteiger partial charge in [-0.05, 0) is 48.9 Å². The van der Waals surface area contributed by atoms with E-state index in [0.717, 1.165) is 17.7 Å². The zero-order chi connectivity index (χ0) is 26.8. The molecule has 0 bridgehead atoms. The van der Waals surface area contributed by atoms with Crippen LogP contribution in [0.5, 0.6) is 0 Å². The Morgan fingerprint density at radius 2 is 1.63 bits per heavy atom. The number of aromatic nitrogens is 1. The maximum absolute atomic E-state index is 13.8. The highest BCUT2D eigenvalue weighted by molar-refractivity contribution is 6.41. The number of para-hydroxylation sites is 1. The van der Waals surface area contributed by atoms with Crippen molar-refractivity contribution in [2.75, 3.05) is 4.90 Å². The van der Waals surface area contributed by atoms with E-state index in [4.69, 9.17) is 4.42 Å². The van der Waals surface area contributed by atoms with E-state index < -0.39 is 29.7 Å². The number of anilines is 1. The minimum Gasteiger partial charge on any atom is -0.456 e. The third-order valence-corrected chi connectivity index (χ3v) is 6.40. The molecule has 0 saturated heterocycles. The molecule has 2 aromatic heterocycles. The maximum Gasteiger partial charge on any atom is 0.295 e. The number of amides is 2. The minimum absolute atomic E-state index is 0.315. The fraction of sp³-hybridized carbons (Fsp3) is 0.133. The monoisotopic (exact) mass is 509 g/mol. The number of hydrogen-bond acceptors (Lipinski definition) is 5. The van der Waals surface area contributed by atoms with Gasteiger partial charge in [0.1, 0.15) is 23.0 Å². The van der Waals surface area contributed by atoms with Crippen LogP contribution in [0.4, 0.5) is 10.1 Å². The Hall–Kier alpha value is -4.85. The van der Waals surface area contributed by atoms with Crippen molar-refractivity contribution in [3.8, 4) is 0 Å². The molecule has 0 saturated carbocycles. The first-order chi connectivity index (χ1) is 18.3. The quantitative estimate of drug-likeness (QED) is 0.286. The summed E-state index contributed by atoms with van der Waals surface area (Å²) in [6, 6.07) is 20.0. The van der Waals surface area contributed by atoms with Gasteiger partial charge >= 0.3 is 0 Å². The molecule has 0 spiro atoms. The number of rotatable bonds is 7. The summed E-state index contributed by atoms with van der Waals surface area (Å²) >= 11 is 0. The Labute approximate surface area is 217 Å². The minimum atomic E-state index is -1.22. The number of nitrogens with one attached hydrogen (secondary N) is 1. The van der Waals surface area contributed by atoms with Crippen LogP contribution in [0.25, 0.3) is 21.9 Å². The van der Waals surface area contributed by atoms with Gasteiger partial charge < -0.3 is 9.73 Å². The smallest absolute Gasteiger partial charge is 0.295 e. The molecule has 0 aliphatic carbocycles. The van der Waals surface area contributed by atoms with Crippen molar-refractivity contribution >= 4 is 45.2 Å². The topological polar surface area (TPSA) is 92.5 Å². The van der Waals surface area contributed by atoms with E-state index in [9.17, 15) is 18.8 Å². The number of Topliss-reactive ketones (excluding diaryl/α,β-unsaturated/α-hetero) is 1. The van der Waals surface area contributed by atoms with E-state index in [2.05, 4.69) is 10.3 Å². The van der Waals surface area contributed by atoms with Crippen LogP contribution in [0.3, 0.4) is 0 Å². The Morgan fingerprint density at radius 1 is 0.895 bits per heavy atom. The van der Waals surface area contributed by atoms with Gasteiger partial charge in [0.2, 0.25) is 11.7 Å². The molecule has 8 heteroatoms. The molecular weight excluding hydrogens is 485 g/mol. The number of carbonyl (C=O) groups excluding carboxylic acids is 3. The van der Waals surface area contributed by atoms with Crippen LogP contribution in [0.2, 0.25) is 0 Å². The Morgan fingerprint density at radius 3 is 2.34 bits per heavy atom. The number of pyridine rings is 1. The Bertz CT molecular complexity index is 1650. The number of nitrogens with zero attached hydrogens (tertiary/aromatic N) is 2. The van der Waals surface area contributed by atoms with Crippen molar-refractivity contribution in [2.24, 2.45) is 0 Å². The zero-order valence-electron chi connectivity index (χ0n) is 20.7. The second kappa shape index (κ2) is 10.3. The molecule has 2 atom stereocenters.